The van der Waals surface area contributed by atoms with Crippen LogP contribution in [0, 0.1) is 6.92 Å². The van der Waals surface area contributed by atoms with Gasteiger partial charge in [0.1, 0.15) is 0 Å². The van der Waals surface area contributed by atoms with E-state index in [1.54, 1.807) is 13.0 Å². The molecule has 1 amide bonds. The second kappa shape index (κ2) is 5.43. The van der Waals surface area contributed by atoms with E-state index in [1.165, 1.54) is 11.8 Å². The molecule has 3 heterocycles. The lowest BCUT2D eigenvalue weighted by molar-refractivity contribution is -0.113. The Morgan fingerprint density at radius 2 is 2.30 bits per heavy atom. The summed E-state index contributed by atoms with van der Waals surface area (Å²) in [7, 11) is 0. The molecule has 0 saturated heterocycles. The van der Waals surface area contributed by atoms with E-state index >= 15 is 0 Å². The van der Waals surface area contributed by atoms with E-state index in [-0.39, 0.29) is 11.7 Å². The van der Waals surface area contributed by atoms with Crippen LogP contribution in [0.1, 0.15) is 5.69 Å². The highest BCUT2D eigenvalue weighted by Gasteiger charge is 2.14. The second-order valence-corrected chi connectivity index (χ2v) is 5.88. The van der Waals surface area contributed by atoms with Crippen LogP contribution in [0.2, 0.25) is 0 Å². The number of imidazole rings is 1. The van der Waals surface area contributed by atoms with Crippen LogP contribution in [0.4, 0.5) is 5.88 Å². The molecule has 0 unspecified atom stereocenters. The molecule has 2 N–H and O–H groups in total. The van der Waals surface area contributed by atoms with Gasteiger partial charge in [-0.05, 0) is 19.1 Å². The molecule has 3 aromatic heterocycles. The smallest absolute Gasteiger partial charge is 0.237 e. The molecule has 0 radical (unpaired) electrons. The van der Waals surface area contributed by atoms with Crippen molar-refractivity contribution >= 4 is 40.4 Å². The molecule has 4 rings (SSSR count). The molecule has 0 aliphatic heterocycles. The number of nitrogens with zero attached hydrogens (tertiary/aromatic N) is 4. The lowest BCUT2D eigenvalue weighted by Crippen LogP contribution is -2.13. The van der Waals surface area contributed by atoms with E-state index in [2.05, 4.69) is 25.7 Å². The monoisotopic (exact) mass is 328 g/mol. The van der Waals surface area contributed by atoms with Crippen LogP contribution in [0.5, 0.6) is 0 Å². The number of carbonyl (C=O) groups excluding carboxylic acids is 1. The minimum Gasteiger partial charge on any atom is -0.338 e. The Morgan fingerprint density at radius 1 is 1.43 bits per heavy atom. The summed E-state index contributed by atoms with van der Waals surface area (Å²) in [6.45, 7) is 1.79. The average molecular weight is 328 g/mol. The number of anilines is 1. The zero-order valence-corrected chi connectivity index (χ0v) is 12.9. The number of aromatic amines is 1. The fraction of sp³-hybridized carbons (Fsp3) is 0.143. The highest BCUT2D eigenvalue weighted by molar-refractivity contribution is 7.99. The van der Waals surface area contributed by atoms with E-state index < -0.39 is 0 Å². The van der Waals surface area contributed by atoms with Gasteiger partial charge in [-0.25, -0.2) is 10.1 Å². The summed E-state index contributed by atoms with van der Waals surface area (Å²) in [4.78, 5) is 16.4. The number of nitrogens with one attached hydrogen (secondary N) is 2. The number of hydrogen-bond acceptors (Lipinski definition) is 6. The fourth-order valence-corrected chi connectivity index (χ4v) is 3.02. The van der Waals surface area contributed by atoms with Crippen LogP contribution in [0.25, 0.3) is 16.8 Å². The number of H-pyrrole nitrogens is 1. The van der Waals surface area contributed by atoms with E-state index in [4.69, 9.17) is 4.52 Å². The SMILES string of the molecule is Cc1cc(NC(=O)CSc2n[nH]c3nc4ccccc4n23)on1. The third-order valence-corrected chi connectivity index (χ3v) is 4.17. The molecule has 0 aliphatic rings. The number of benzene rings is 1. The van der Waals surface area contributed by atoms with Crippen molar-refractivity contribution in [2.45, 2.75) is 12.1 Å². The topological polar surface area (TPSA) is 101 Å². The predicted octanol–water partition coefficient (Wildman–Crippen LogP) is 2.24. The highest BCUT2D eigenvalue weighted by Crippen LogP contribution is 2.23. The molecule has 4 aromatic rings. The fourth-order valence-electron chi connectivity index (χ4n) is 2.27. The molecule has 0 saturated carbocycles. The second-order valence-electron chi connectivity index (χ2n) is 4.94. The van der Waals surface area contributed by atoms with Crippen molar-refractivity contribution < 1.29 is 9.32 Å². The van der Waals surface area contributed by atoms with Crippen LogP contribution in [-0.4, -0.2) is 36.4 Å². The minimum atomic E-state index is -0.188. The first-order chi connectivity index (χ1) is 11.2. The standard InChI is InChI=1S/C14H12N6O2S/c1-8-6-12(22-19-8)16-11(21)7-23-14-18-17-13-15-9-4-2-3-5-10(9)20(13)14/h2-6H,7H2,1H3,(H,15,17)(H,16,21). The molecule has 116 valence electrons. The van der Waals surface area contributed by atoms with Gasteiger partial charge < -0.3 is 4.52 Å². The van der Waals surface area contributed by atoms with Crippen molar-refractivity contribution in [1.29, 1.82) is 0 Å². The van der Waals surface area contributed by atoms with Gasteiger partial charge in [0.15, 0.2) is 5.16 Å². The Bertz CT molecular complexity index is 1000. The molecular formula is C14H12N6O2S. The maximum absolute atomic E-state index is 12.0. The summed E-state index contributed by atoms with van der Waals surface area (Å²) in [5.74, 6) is 1.01. The molecule has 9 heteroatoms. The molecule has 0 bridgehead atoms. The zero-order chi connectivity index (χ0) is 15.8. The van der Waals surface area contributed by atoms with Gasteiger partial charge in [-0.2, -0.15) is 0 Å². The molecule has 0 spiro atoms. The normalized spacial score (nSPS) is 11.3. The highest BCUT2D eigenvalue weighted by atomic mass is 32.2. The van der Waals surface area contributed by atoms with Crippen LogP contribution in [0.15, 0.2) is 40.0 Å². The predicted molar refractivity (Wildman–Crippen MR) is 85.4 cm³/mol. The Labute approximate surface area is 134 Å². The van der Waals surface area contributed by atoms with Gasteiger partial charge in [-0.15, -0.1) is 5.10 Å². The third-order valence-electron chi connectivity index (χ3n) is 3.23. The Hall–Kier alpha value is -2.81. The van der Waals surface area contributed by atoms with Crippen LogP contribution in [-0.2, 0) is 4.79 Å². The van der Waals surface area contributed by atoms with Gasteiger partial charge in [-0.3, -0.25) is 14.5 Å². The lowest BCUT2D eigenvalue weighted by Gasteiger charge is -2.00. The van der Waals surface area contributed by atoms with Crippen LogP contribution >= 0.6 is 11.8 Å². The van der Waals surface area contributed by atoms with Gasteiger partial charge in [0.25, 0.3) is 0 Å². The number of rotatable bonds is 4. The largest absolute Gasteiger partial charge is 0.338 e. The number of para-hydroxylation sites is 2. The number of fused-ring (bicyclic) bond motifs is 3. The number of amides is 1. The van der Waals surface area contributed by atoms with Gasteiger partial charge in [-0.1, -0.05) is 29.1 Å². The van der Waals surface area contributed by atoms with Gasteiger partial charge >= 0.3 is 0 Å². The van der Waals surface area contributed by atoms with Gasteiger partial charge in [0, 0.05) is 6.07 Å². The summed E-state index contributed by atoms with van der Waals surface area (Å²) >= 11 is 1.32. The molecule has 1 aromatic carbocycles. The Morgan fingerprint density at radius 3 is 3.13 bits per heavy atom. The van der Waals surface area contributed by atoms with E-state index in [1.807, 2.05) is 28.7 Å². The Balaban J connectivity index is 1.52. The molecular weight excluding hydrogens is 316 g/mol. The molecule has 0 atom stereocenters. The van der Waals surface area contributed by atoms with E-state index in [0.29, 0.717) is 22.5 Å². The van der Waals surface area contributed by atoms with Crippen molar-refractivity contribution in [3.05, 3.63) is 36.0 Å². The lowest BCUT2D eigenvalue weighted by atomic mass is 10.3. The van der Waals surface area contributed by atoms with Crippen molar-refractivity contribution in [2.75, 3.05) is 11.1 Å². The average Bonchev–Trinajstić information content (AvgIpc) is 3.20. The summed E-state index contributed by atoms with van der Waals surface area (Å²) in [6.07, 6.45) is 0. The van der Waals surface area contributed by atoms with Crippen LogP contribution in [0.3, 0.4) is 0 Å². The van der Waals surface area contributed by atoms with Gasteiger partial charge in [0.2, 0.25) is 17.6 Å². The van der Waals surface area contributed by atoms with E-state index in [9.17, 15) is 4.79 Å². The third kappa shape index (κ3) is 2.55. The summed E-state index contributed by atoms with van der Waals surface area (Å²) < 4.78 is 6.85. The maximum Gasteiger partial charge on any atom is 0.237 e. The van der Waals surface area contributed by atoms with Crippen LogP contribution < -0.4 is 5.32 Å². The zero-order valence-electron chi connectivity index (χ0n) is 12.1. The molecule has 8 nitrogen and oxygen atoms in total. The first kappa shape index (κ1) is 13.8. The number of aryl methyl sites for hydroxylation is 1. The van der Waals surface area contributed by atoms with Crippen molar-refractivity contribution in [3.8, 4) is 0 Å². The van der Waals surface area contributed by atoms with Gasteiger partial charge in [0.05, 0.1) is 22.5 Å². The summed E-state index contributed by atoms with van der Waals surface area (Å²) in [5, 5.41) is 14.1. The van der Waals surface area contributed by atoms with E-state index in [0.717, 1.165) is 11.0 Å². The number of aromatic nitrogens is 5. The van der Waals surface area contributed by atoms with Crippen molar-refractivity contribution in [3.63, 3.8) is 0 Å². The number of thioether (sulfide) groups is 1. The number of hydrogen-bond donors (Lipinski definition) is 2. The molecule has 0 aliphatic carbocycles. The van der Waals surface area contributed by atoms with Crippen molar-refractivity contribution in [1.82, 2.24) is 24.7 Å². The summed E-state index contributed by atoms with van der Waals surface area (Å²) in [5.41, 5.74) is 2.54. The van der Waals surface area contributed by atoms with Crippen molar-refractivity contribution in [2.24, 2.45) is 0 Å². The number of carbonyl (C=O) groups is 1. The molecule has 23 heavy (non-hydrogen) atoms. The minimum absolute atomic E-state index is 0.188. The molecule has 0 fully saturated rings. The summed E-state index contributed by atoms with van der Waals surface area (Å²) in [6, 6.07) is 9.44. The first-order valence-corrected chi connectivity index (χ1v) is 7.87. The first-order valence-electron chi connectivity index (χ1n) is 6.88. The quantitative estimate of drug-likeness (QED) is 0.557. The maximum atomic E-state index is 12.0. The Kier molecular flexibility index (Phi) is 3.27.